The Morgan fingerprint density at radius 2 is 2.00 bits per heavy atom. The topological polar surface area (TPSA) is 44.5 Å². The zero-order valence-electron chi connectivity index (χ0n) is 10.3. The van der Waals surface area contributed by atoms with E-state index >= 15 is 0 Å². The Balaban J connectivity index is 0.00000144. The fourth-order valence-electron chi connectivity index (χ4n) is 2.04. The van der Waals surface area contributed by atoms with Crippen LogP contribution < -0.4 is 15.2 Å². The van der Waals surface area contributed by atoms with E-state index in [1.165, 1.54) is 12.8 Å². The molecule has 4 heteroatoms. The second kappa shape index (κ2) is 6.12. The van der Waals surface area contributed by atoms with E-state index in [4.69, 9.17) is 15.2 Å². The van der Waals surface area contributed by atoms with Crippen LogP contribution in [0.15, 0.2) is 18.2 Å². The predicted molar refractivity (Wildman–Crippen MR) is 71.1 cm³/mol. The predicted octanol–water partition coefficient (Wildman–Crippen LogP) is 2.93. The molecule has 0 aliphatic heterocycles. The summed E-state index contributed by atoms with van der Waals surface area (Å²) in [6.45, 7) is 0. The van der Waals surface area contributed by atoms with Crippen LogP contribution >= 0.6 is 12.4 Å². The summed E-state index contributed by atoms with van der Waals surface area (Å²) in [5, 5.41) is 0. The van der Waals surface area contributed by atoms with E-state index in [9.17, 15) is 0 Å². The quantitative estimate of drug-likeness (QED) is 0.882. The molecular formula is C13H20ClNO2. The second-order valence-corrected chi connectivity index (χ2v) is 4.37. The first-order valence-electron chi connectivity index (χ1n) is 5.72. The minimum absolute atomic E-state index is 0. The van der Waals surface area contributed by atoms with E-state index in [0.717, 1.165) is 29.4 Å². The van der Waals surface area contributed by atoms with Gasteiger partial charge in [0.2, 0.25) is 0 Å². The van der Waals surface area contributed by atoms with Crippen molar-refractivity contribution in [3.05, 3.63) is 23.8 Å². The number of nitrogens with two attached hydrogens (primary N) is 1. The van der Waals surface area contributed by atoms with Crippen molar-refractivity contribution in [1.82, 2.24) is 0 Å². The minimum atomic E-state index is 0. The van der Waals surface area contributed by atoms with E-state index < -0.39 is 0 Å². The van der Waals surface area contributed by atoms with Gasteiger partial charge >= 0.3 is 0 Å². The average Bonchev–Trinajstić information content (AvgIpc) is 3.11. The molecule has 0 amide bonds. The summed E-state index contributed by atoms with van der Waals surface area (Å²) >= 11 is 0. The monoisotopic (exact) mass is 257 g/mol. The van der Waals surface area contributed by atoms with Gasteiger partial charge in [-0.25, -0.2) is 0 Å². The molecule has 1 fully saturated rings. The summed E-state index contributed by atoms with van der Waals surface area (Å²) in [6, 6.07) is 5.93. The van der Waals surface area contributed by atoms with Gasteiger partial charge < -0.3 is 15.2 Å². The lowest BCUT2D eigenvalue weighted by molar-refractivity contribution is 0.348. The van der Waals surface area contributed by atoms with Crippen molar-refractivity contribution < 1.29 is 9.47 Å². The molecule has 0 heterocycles. The maximum absolute atomic E-state index is 6.20. The van der Waals surface area contributed by atoms with Crippen molar-refractivity contribution in [2.45, 2.75) is 25.3 Å². The van der Waals surface area contributed by atoms with Crippen LogP contribution in [-0.2, 0) is 0 Å². The maximum atomic E-state index is 6.20. The van der Waals surface area contributed by atoms with Crippen LogP contribution in [0.4, 0.5) is 0 Å². The molecule has 96 valence electrons. The van der Waals surface area contributed by atoms with Crippen LogP contribution in [0.3, 0.4) is 0 Å². The normalized spacial score (nSPS) is 15.9. The number of ether oxygens (including phenoxy) is 2. The first-order chi connectivity index (χ1) is 7.76. The highest BCUT2D eigenvalue weighted by Gasteiger charge is 2.26. The Morgan fingerprint density at radius 3 is 2.53 bits per heavy atom. The fourth-order valence-corrected chi connectivity index (χ4v) is 2.04. The van der Waals surface area contributed by atoms with Crippen molar-refractivity contribution in [3.8, 4) is 11.5 Å². The average molecular weight is 258 g/mol. The lowest BCUT2D eigenvalue weighted by Gasteiger charge is -2.17. The molecule has 0 unspecified atom stereocenters. The molecule has 1 atom stereocenters. The summed E-state index contributed by atoms with van der Waals surface area (Å²) in [7, 11) is 3.30. The molecule has 0 saturated heterocycles. The maximum Gasteiger partial charge on any atom is 0.165 e. The molecule has 0 bridgehead atoms. The molecule has 1 aliphatic carbocycles. The van der Waals surface area contributed by atoms with Crippen LogP contribution in [0.25, 0.3) is 0 Å². The number of halogens is 1. The molecule has 1 aliphatic rings. The number of para-hydroxylation sites is 1. The molecule has 0 aromatic heterocycles. The lowest BCUT2D eigenvalue weighted by Crippen LogP contribution is -2.12. The van der Waals surface area contributed by atoms with E-state index in [0.29, 0.717) is 0 Å². The Kier molecular flexibility index (Phi) is 5.09. The molecule has 0 spiro atoms. The van der Waals surface area contributed by atoms with Gasteiger partial charge in [0.05, 0.1) is 14.2 Å². The molecule has 2 N–H and O–H groups in total. The Bertz CT molecular complexity index is 366. The van der Waals surface area contributed by atoms with Crippen LogP contribution in [0, 0.1) is 5.92 Å². The lowest BCUT2D eigenvalue weighted by atomic mass is 10.0. The van der Waals surface area contributed by atoms with Gasteiger partial charge in [-0.15, -0.1) is 12.4 Å². The second-order valence-electron chi connectivity index (χ2n) is 4.37. The zero-order valence-corrected chi connectivity index (χ0v) is 11.1. The smallest absolute Gasteiger partial charge is 0.165 e. The molecule has 2 rings (SSSR count). The first-order valence-corrected chi connectivity index (χ1v) is 5.72. The molecule has 3 nitrogen and oxygen atoms in total. The van der Waals surface area contributed by atoms with Crippen LogP contribution in [0.1, 0.15) is 30.9 Å². The van der Waals surface area contributed by atoms with Crippen LogP contribution in [0.2, 0.25) is 0 Å². The van der Waals surface area contributed by atoms with Crippen molar-refractivity contribution in [3.63, 3.8) is 0 Å². The first kappa shape index (κ1) is 14.1. The van der Waals surface area contributed by atoms with Crippen molar-refractivity contribution in [2.24, 2.45) is 11.7 Å². The van der Waals surface area contributed by atoms with Crippen molar-refractivity contribution >= 4 is 12.4 Å². The molecule has 1 aromatic rings. The third kappa shape index (κ3) is 3.27. The summed E-state index contributed by atoms with van der Waals surface area (Å²) in [4.78, 5) is 0. The van der Waals surface area contributed by atoms with Gasteiger partial charge in [-0.2, -0.15) is 0 Å². The standard InChI is InChI=1S/C13H19NO2.ClH/c1-15-12-5-3-4-10(13(12)16-2)11(14)8-9-6-7-9;/h3-5,9,11H,6-8,14H2,1-2H3;1H/t11-;/m0./s1. The number of methoxy groups -OCH3 is 2. The van der Waals surface area contributed by atoms with E-state index in [1.54, 1.807) is 14.2 Å². The van der Waals surface area contributed by atoms with Gasteiger partial charge in [-0.3, -0.25) is 0 Å². The number of hydrogen-bond donors (Lipinski definition) is 1. The number of rotatable bonds is 5. The fraction of sp³-hybridized carbons (Fsp3) is 0.538. The molecule has 17 heavy (non-hydrogen) atoms. The van der Waals surface area contributed by atoms with Crippen molar-refractivity contribution in [1.29, 1.82) is 0 Å². The van der Waals surface area contributed by atoms with Gasteiger partial charge in [0.1, 0.15) is 0 Å². The summed E-state index contributed by atoms with van der Waals surface area (Å²) in [5.74, 6) is 2.34. The van der Waals surface area contributed by atoms with Gasteiger partial charge in [0, 0.05) is 11.6 Å². The Morgan fingerprint density at radius 1 is 1.29 bits per heavy atom. The number of benzene rings is 1. The molecule has 0 radical (unpaired) electrons. The SMILES string of the molecule is COc1cccc([C@@H](N)CC2CC2)c1OC.Cl. The summed E-state index contributed by atoms with van der Waals surface area (Å²) in [6.07, 6.45) is 3.68. The Labute approximate surface area is 109 Å². The highest BCUT2D eigenvalue weighted by atomic mass is 35.5. The third-order valence-corrected chi connectivity index (χ3v) is 3.12. The molecular weight excluding hydrogens is 238 g/mol. The highest BCUT2D eigenvalue weighted by Crippen LogP contribution is 2.40. The van der Waals surface area contributed by atoms with Gasteiger partial charge in [-0.1, -0.05) is 25.0 Å². The van der Waals surface area contributed by atoms with E-state index in [-0.39, 0.29) is 18.4 Å². The van der Waals surface area contributed by atoms with Crippen molar-refractivity contribution in [2.75, 3.05) is 14.2 Å². The summed E-state index contributed by atoms with van der Waals surface area (Å²) < 4.78 is 10.7. The van der Waals surface area contributed by atoms with Gasteiger partial charge in [-0.05, 0) is 18.4 Å². The highest BCUT2D eigenvalue weighted by molar-refractivity contribution is 5.85. The molecule has 1 aromatic carbocycles. The van der Waals surface area contributed by atoms with Gasteiger partial charge in [0.25, 0.3) is 0 Å². The van der Waals surface area contributed by atoms with E-state index in [1.807, 2.05) is 18.2 Å². The van der Waals surface area contributed by atoms with Gasteiger partial charge in [0.15, 0.2) is 11.5 Å². The van der Waals surface area contributed by atoms with E-state index in [2.05, 4.69) is 0 Å². The number of hydrogen-bond acceptors (Lipinski definition) is 3. The zero-order chi connectivity index (χ0) is 11.5. The Hall–Kier alpha value is -0.930. The largest absolute Gasteiger partial charge is 0.493 e. The summed E-state index contributed by atoms with van der Waals surface area (Å²) in [5.41, 5.74) is 7.25. The molecule has 1 saturated carbocycles. The third-order valence-electron chi connectivity index (χ3n) is 3.12. The van der Waals surface area contributed by atoms with Crippen LogP contribution in [-0.4, -0.2) is 14.2 Å². The minimum Gasteiger partial charge on any atom is -0.493 e. The van der Waals surface area contributed by atoms with Crippen LogP contribution in [0.5, 0.6) is 11.5 Å².